The van der Waals surface area contributed by atoms with E-state index in [1.165, 1.54) is 0 Å². The van der Waals surface area contributed by atoms with Gasteiger partial charge in [-0.25, -0.2) is 0 Å². The van der Waals surface area contributed by atoms with Gasteiger partial charge >= 0.3 is 0 Å². The minimum absolute atomic E-state index is 0.360. The Kier molecular flexibility index (Phi) is 5.60. The van der Waals surface area contributed by atoms with Crippen molar-refractivity contribution in [3.05, 3.63) is 59.1 Å². The van der Waals surface area contributed by atoms with Crippen LogP contribution in [-0.4, -0.2) is 19.0 Å². The average molecular weight is 318 g/mol. The van der Waals surface area contributed by atoms with Crippen LogP contribution in [0.3, 0.4) is 0 Å². The summed E-state index contributed by atoms with van der Waals surface area (Å²) < 4.78 is 1.07. The van der Waals surface area contributed by atoms with Crippen molar-refractivity contribution in [2.24, 2.45) is 0 Å². The van der Waals surface area contributed by atoms with E-state index >= 15 is 0 Å². The predicted molar refractivity (Wildman–Crippen MR) is 86.9 cm³/mol. The van der Waals surface area contributed by atoms with Gasteiger partial charge in [0, 0.05) is 4.47 Å². The van der Waals surface area contributed by atoms with Crippen molar-refractivity contribution in [2.75, 3.05) is 14.1 Å². The number of rotatable bonds is 4. The lowest BCUT2D eigenvalue weighted by molar-refractivity contribution is 0.223. The van der Waals surface area contributed by atoms with Gasteiger partial charge in [0.2, 0.25) is 0 Å². The topological polar surface area (TPSA) is 3.24 Å². The fourth-order valence-corrected chi connectivity index (χ4v) is 2.20. The normalized spacial score (nSPS) is 13.3. The largest absolute Gasteiger partial charge is 0.289 e. The first kappa shape index (κ1) is 15.8. The Morgan fingerprint density at radius 2 is 1.95 bits per heavy atom. The lowest BCUT2D eigenvalue weighted by Gasteiger charge is -2.35. The van der Waals surface area contributed by atoms with Gasteiger partial charge in [0.25, 0.3) is 0 Å². The molecule has 0 aliphatic heterocycles. The number of nitrogens with zero attached hydrogens (tertiary/aromatic N) is 1. The van der Waals surface area contributed by atoms with Crippen LogP contribution in [-0.2, 0) is 5.54 Å². The highest BCUT2D eigenvalue weighted by Gasteiger charge is 2.31. The van der Waals surface area contributed by atoms with Crippen LogP contribution in [0.4, 0.5) is 0 Å². The highest BCUT2D eigenvalue weighted by molar-refractivity contribution is 9.10. The maximum atomic E-state index is 3.87. The summed E-state index contributed by atoms with van der Waals surface area (Å²) >= 11 is 3.47. The van der Waals surface area contributed by atoms with Crippen molar-refractivity contribution in [3.8, 4) is 11.8 Å². The summed E-state index contributed by atoms with van der Waals surface area (Å²) in [6.45, 7) is 9.65. The molecule has 0 aliphatic carbocycles. The molecule has 0 spiro atoms. The summed E-state index contributed by atoms with van der Waals surface area (Å²) in [5.74, 6) is 6.48. The zero-order valence-electron chi connectivity index (χ0n) is 11.8. The minimum atomic E-state index is -0.360. The van der Waals surface area contributed by atoms with Crippen LogP contribution < -0.4 is 0 Å². The summed E-state index contributed by atoms with van der Waals surface area (Å²) in [6.07, 6.45) is 2.68. The van der Waals surface area contributed by atoms with E-state index in [4.69, 9.17) is 0 Å². The standard InChI is InChI=1S/C17H20BrN/c1-6-12-17(19(4)5,13-11-14(2)3)15-7-9-16(18)10-8-15/h6-10H,1-2,12H2,3-5H3. The second kappa shape index (κ2) is 6.75. The molecule has 0 amide bonds. The second-order valence-corrected chi connectivity index (χ2v) is 5.70. The van der Waals surface area contributed by atoms with E-state index in [2.05, 4.69) is 58.0 Å². The van der Waals surface area contributed by atoms with Gasteiger partial charge in [-0.1, -0.05) is 52.6 Å². The Morgan fingerprint density at radius 3 is 2.37 bits per heavy atom. The summed E-state index contributed by atoms with van der Waals surface area (Å²) in [7, 11) is 4.08. The molecule has 1 atom stereocenters. The molecule has 1 aromatic carbocycles. The van der Waals surface area contributed by atoms with Crippen molar-refractivity contribution in [2.45, 2.75) is 18.9 Å². The van der Waals surface area contributed by atoms with Crippen LogP contribution in [0.15, 0.2) is 53.5 Å². The van der Waals surface area contributed by atoms with E-state index in [1.807, 2.05) is 39.2 Å². The highest BCUT2D eigenvalue weighted by Crippen LogP contribution is 2.31. The highest BCUT2D eigenvalue weighted by atomic mass is 79.9. The van der Waals surface area contributed by atoms with Crippen LogP contribution >= 0.6 is 15.9 Å². The van der Waals surface area contributed by atoms with Gasteiger partial charge in [-0.05, 0) is 50.7 Å². The monoisotopic (exact) mass is 317 g/mol. The van der Waals surface area contributed by atoms with Crippen molar-refractivity contribution in [3.63, 3.8) is 0 Å². The molecule has 2 heteroatoms. The molecule has 0 N–H and O–H groups in total. The van der Waals surface area contributed by atoms with E-state index in [1.54, 1.807) is 0 Å². The van der Waals surface area contributed by atoms with E-state index in [0.29, 0.717) is 0 Å². The summed E-state index contributed by atoms with van der Waals surface area (Å²) in [5, 5.41) is 0. The molecular formula is C17H20BrN. The minimum Gasteiger partial charge on any atom is -0.289 e. The first-order valence-electron chi connectivity index (χ1n) is 6.15. The van der Waals surface area contributed by atoms with Gasteiger partial charge in [-0.3, -0.25) is 4.90 Å². The van der Waals surface area contributed by atoms with E-state index in [-0.39, 0.29) is 5.54 Å². The third-order valence-electron chi connectivity index (χ3n) is 3.01. The van der Waals surface area contributed by atoms with Crippen molar-refractivity contribution in [1.29, 1.82) is 0 Å². The third-order valence-corrected chi connectivity index (χ3v) is 3.54. The van der Waals surface area contributed by atoms with Gasteiger partial charge in [0.1, 0.15) is 5.54 Å². The number of allylic oxidation sites excluding steroid dienone is 1. The summed E-state index contributed by atoms with van der Waals surface area (Å²) in [5.41, 5.74) is 1.67. The molecule has 0 fully saturated rings. The zero-order chi connectivity index (χ0) is 14.5. The van der Waals surface area contributed by atoms with Crippen LogP contribution in [0.1, 0.15) is 18.9 Å². The number of hydrogen-bond acceptors (Lipinski definition) is 1. The maximum absolute atomic E-state index is 3.87. The molecule has 0 heterocycles. The van der Waals surface area contributed by atoms with E-state index in [9.17, 15) is 0 Å². The molecule has 1 unspecified atom stereocenters. The number of halogens is 1. The molecule has 0 radical (unpaired) electrons. The molecule has 0 aliphatic rings. The average Bonchev–Trinajstić information content (AvgIpc) is 2.35. The molecule has 1 aromatic rings. The Morgan fingerprint density at radius 1 is 1.37 bits per heavy atom. The van der Waals surface area contributed by atoms with Crippen LogP contribution in [0, 0.1) is 11.8 Å². The van der Waals surface area contributed by atoms with Crippen molar-refractivity contribution in [1.82, 2.24) is 4.90 Å². The smallest absolute Gasteiger partial charge is 0.111 e. The first-order chi connectivity index (χ1) is 8.92. The fourth-order valence-electron chi connectivity index (χ4n) is 1.94. The molecule has 1 nitrogen and oxygen atoms in total. The lowest BCUT2D eigenvalue weighted by atomic mass is 9.85. The van der Waals surface area contributed by atoms with Crippen LogP contribution in [0.5, 0.6) is 0 Å². The Labute approximate surface area is 125 Å². The van der Waals surface area contributed by atoms with E-state index in [0.717, 1.165) is 22.0 Å². The zero-order valence-corrected chi connectivity index (χ0v) is 13.4. The molecule has 0 aromatic heterocycles. The van der Waals surface area contributed by atoms with Crippen LogP contribution in [0.2, 0.25) is 0 Å². The van der Waals surface area contributed by atoms with E-state index < -0.39 is 0 Å². The summed E-state index contributed by atoms with van der Waals surface area (Å²) in [6, 6.07) is 8.28. The van der Waals surface area contributed by atoms with Gasteiger partial charge in [0.15, 0.2) is 0 Å². The fraction of sp³-hybridized carbons (Fsp3) is 0.294. The summed E-state index contributed by atoms with van der Waals surface area (Å²) in [4.78, 5) is 2.13. The Hall–Kier alpha value is -1.30. The molecule has 100 valence electrons. The SMILES string of the molecule is C=CCC(C#CC(=C)C)(c1ccc(Br)cc1)N(C)C. The Balaban J connectivity index is 3.39. The van der Waals surface area contributed by atoms with Gasteiger partial charge < -0.3 is 0 Å². The second-order valence-electron chi connectivity index (χ2n) is 4.78. The van der Waals surface area contributed by atoms with Gasteiger partial charge in [0.05, 0.1) is 0 Å². The Bertz CT molecular complexity index is 516. The molecular weight excluding hydrogens is 298 g/mol. The molecule has 0 saturated heterocycles. The first-order valence-corrected chi connectivity index (χ1v) is 6.94. The van der Waals surface area contributed by atoms with Crippen molar-refractivity contribution < 1.29 is 0 Å². The lowest BCUT2D eigenvalue weighted by Crippen LogP contribution is -2.39. The van der Waals surface area contributed by atoms with Gasteiger partial charge in [-0.2, -0.15) is 0 Å². The molecule has 1 rings (SSSR count). The third kappa shape index (κ3) is 3.83. The quantitative estimate of drug-likeness (QED) is 0.589. The number of benzene rings is 1. The number of hydrogen-bond donors (Lipinski definition) is 0. The molecule has 19 heavy (non-hydrogen) atoms. The molecule has 0 bridgehead atoms. The predicted octanol–water partition coefficient (Wildman–Crippen LogP) is 4.36. The van der Waals surface area contributed by atoms with Crippen LogP contribution in [0.25, 0.3) is 0 Å². The molecule has 0 saturated carbocycles. The van der Waals surface area contributed by atoms with Crippen molar-refractivity contribution >= 4 is 15.9 Å². The maximum Gasteiger partial charge on any atom is 0.111 e. The van der Waals surface area contributed by atoms with Gasteiger partial charge in [-0.15, -0.1) is 6.58 Å².